The fourth-order valence-electron chi connectivity index (χ4n) is 2.87. The summed E-state index contributed by atoms with van der Waals surface area (Å²) >= 11 is 1.27. The molecule has 0 saturated carbocycles. The van der Waals surface area contributed by atoms with Gasteiger partial charge in [0.2, 0.25) is 11.1 Å². The minimum atomic E-state index is -0.555. The monoisotopic (exact) mass is 419 g/mol. The van der Waals surface area contributed by atoms with Crippen LogP contribution >= 0.6 is 11.8 Å². The molecule has 4 aromatic rings. The molecule has 0 aliphatic carbocycles. The molecule has 0 spiro atoms. The van der Waals surface area contributed by atoms with E-state index in [4.69, 9.17) is 0 Å². The number of rotatable bonds is 7. The minimum Gasteiger partial charge on any atom is -0.351 e. The smallest absolute Gasteiger partial charge is 0.238 e. The summed E-state index contributed by atoms with van der Waals surface area (Å²) < 4.78 is 14.7. The van der Waals surface area contributed by atoms with E-state index in [1.807, 2.05) is 60.7 Å². The molecule has 0 aliphatic heterocycles. The summed E-state index contributed by atoms with van der Waals surface area (Å²) in [5.41, 5.74) is 2.46. The Morgan fingerprint density at radius 2 is 1.63 bits per heavy atom. The lowest BCUT2D eigenvalue weighted by Crippen LogP contribution is -2.27. The zero-order valence-electron chi connectivity index (χ0n) is 15.9. The SMILES string of the molecule is O=C(NCc1ccc(F)cc1)C(Sc1nnnn1-c1ccccc1)c1ccccc1. The van der Waals surface area contributed by atoms with E-state index in [0.29, 0.717) is 11.7 Å². The predicted octanol–water partition coefficient (Wildman–Crippen LogP) is 3.95. The quantitative estimate of drug-likeness (QED) is 0.459. The topological polar surface area (TPSA) is 72.7 Å². The second kappa shape index (κ2) is 9.32. The van der Waals surface area contributed by atoms with E-state index in [2.05, 4.69) is 20.8 Å². The number of nitrogens with one attached hydrogen (secondary N) is 1. The average molecular weight is 419 g/mol. The average Bonchev–Trinajstić information content (AvgIpc) is 3.26. The first-order valence-electron chi connectivity index (χ1n) is 9.28. The third kappa shape index (κ3) is 4.72. The van der Waals surface area contributed by atoms with E-state index >= 15 is 0 Å². The van der Waals surface area contributed by atoms with Crippen molar-refractivity contribution in [2.45, 2.75) is 17.0 Å². The molecule has 0 aliphatic rings. The van der Waals surface area contributed by atoms with Crippen LogP contribution in [0.3, 0.4) is 0 Å². The highest BCUT2D eigenvalue weighted by atomic mass is 32.2. The lowest BCUT2D eigenvalue weighted by atomic mass is 10.1. The molecule has 8 heteroatoms. The highest BCUT2D eigenvalue weighted by molar-refractivity contribution is 8.00. The Hall–Kier alpha value is -3.52. The van der Waals surface area contributed by atoms with Crippen molar-refractivity contribution in [2.24, 2.45) is 0 Å². The second-order valence-corrected chi connectivity index (χ2v) is 7.53. The Morgan fingerprint density at radius 1 is 0.967 bits per heavy atom. The fourth-order valence-corrected chi connectivity index (χ4v) is 3.89. The van der Waals surface area contributed by atoms with Gasteiger partial charge < -0.3 is 5.32 Å². The number of benzene rings is 3. The molecular formula is C22H18FN5OS. The van der Waals surface area contributed by atoms with Crippen LogP contribution in [0.1, 0.15) is 16.4 Å². The molecule has 1 amide bonds. The summed E-state index contributed by atoms with van der Waals surface area (Å²) in [6.07, 6.45) is 0. The Kier molecular flexibility index (Phi) is 6.14. The van der Waals surface area contributed by atoms with Gasteiger partial charge >= 0.3 is 0 Å². The number of thioether (sulfide) groups is 1. The van der Waals surface area contributed by atoms with Gasteiger partial charge in [0.05, 0.1) is 5.69 Å². The number of hydrogen-bond donors (Lipinski definition) is 1. The molecule has 150 valence electrons. The standard InChI is InChI=1S/C22H18FN5OS/c23-18-13-11-16(12-14-18)15-24-21(29)20(17-7-3-1-4-8-17)30-22-25-26-27-28(22)19-9-5-2-6-10-19/h1-14,20H,15H2,(H,24,29). The zero-order chi connectivity index (χ0) is 20.8. The molecule has 4 rings (SSSR count). The molecule has 1 aromatic heterocycles. The van der Waals surface area contributed by atoms with E-state index in [-0.39, 0.29) is 11.7 Å². The van der Waals surface area contributed by atoms with Gasteiger partial charge in [-0.1, -0.05) is 72.4 Å². The molecular weight excluding hydrogens is 401 g/mol. The van der Waals surface area contributed by atoms with E-state index in [0.717, 1.165) is 16.8 Å². The Balaban J connectivity index is 1.56. The maximum Gasteiger partial charge on any atom is 0.238 e. The van der Waals surface area contributed by atoms with Crippen molar-refractivity contribution < 1.29 is 9.18 Å². The summed E-state index contributed by atoms with van der Waals surface area (Å²) in [6.45, 7) is 0.298. The molecule has 1 heterocycles. The van der Waals surface area contributed by atoms with Crippen LogP contribution in [0, 0.1) is 5.82 Å². The van der Waals surface area contributed by atoms with Gasteiger partial charge in [-0.05, 0) is 45.8 Å². The van der Waals surface area contributed by atoms with Gasteiger partial charge in [0, 0.05) is 6.54 Å². The number of carbonyl (C=O) groups is 1. The molecule has 30 heavy (non-hydrogen) atoms. The van der Waals surface area contributed by atoms with E-state index in [1.165, 1.54) is 23.9 Å². The lowest BCUT2D eigenvalue weighted by molar-refractivity contribution is -0.120. The van der Waals surface area contributed by atoms with Crippen molar-refractivity contribution in [3.05, 3.63) is 102 Å². The second-order valence-electron chi connectivity index (χ2n) is 6.46. The number of amides is 1. The Labute approximate surface area is 177 Å². The normalized spacial score (nSPS) is 11.8. The van der Waals surface area contributed by atoms with Crippen molar-refractivity contribution in [3.8, 4) is 5.69 Å². The molecule has 1 unspecified atom stereocenters. The van der Waals surface area contributed by atoms with Gasteiger partial charge in [-0.25, -0.2) is 4.39 Å². The summed E-state index contributed by atoms with van der Waals surface area (Å²) in [5.74, 6) is -0.492. The number of carbonyl (C=O) groups excluding carboxylic acids is 1. The molecule has 1 N–H and O–H groups in total. The molecule has 0 saturated heterocycles. The fraction of sp³-hybridized carbons (Fsp3) is 0.0909. The maximum absolute atomic E-state index is 13.1. The zero-order valence-corrected chi connectivity index (χ0v) is 16.7. The van der Waals surface area contributed by atoms with Crippen molar-refractivity contribution in [2.75, 3.05) is 0 Å². The number of halogens is 1. The highest BCUT2D eigenvalue weighted by Gasteiger charge is 2.25. The number of tetrazole rings is 1. The molecule has 6 nitrogen and oxygen atoms in total. The van der Waals surface area contributed by atoms with Crippen LogP contribution in [0.5, 0.6) is 0 Å². The van der Waals surface area contributed by atoms with Crippen molar-refractivity contribution in [1.82, 2.24) is 25.5 Å². The van der Waals surface area contributed by atoms with Crippen molar-refractivity contribution in [1.29, 1.82) is 0 Å². The van der Waals surface area contributed by atoms with E-state index < -0.39 is 5.25 Å². The minimum absolute atomic E-state index is 0.182. The molecule has 1 atom stereocenters. The largest absolute Gasteiger partial charge is 0.351 e. The summed E-state index contributed by atoms with van der Waals surface area (Å²) in [5, 5.41) is 14.8. The first-order valence-corrected chi connectivity index (χ1v) is 10.2. The Bertz CT molecular complexity index is 1100. The molecule has 3 aromatic carbocycles. The molecule has 0 radical (unpaired) electrons. The van der Waals surface area contributed by atoms with Gasteiger partial charge in [-0.15, -0.1) is 5.10 Å². The first kappa shape index (κ1) is 19.8. The third-order valence-corrected chi connectivity index (χ3v) is 5.57. The summed E-state index contributed by atoms with van der Waals surface area (Å²) in [4.78, 5) is 13.1. The van der Waals surface area contributed by atoms with Gasteiger partial charge in [0.15, 0.2) is 0 Å². The lowest BCUT2D eigenvalue weighted by Gasteiger charge is -2.16. The summed E-state index contributed by atoms with van der Waals surface area (Å²) in [7, 11) is 0. The first-order chi connectivity index (χ1) is 14.7. The van der Waals surface area contributed by atoms with Crippen LogP contribution in [0.4, 0.5) is 4.39 Å². The molecule has 0 bridgehead atoms. The number of hydrogen-bond acceptors (Lipinski definition) is 5. The van der Waals surface area contributed by atoms with Gasteiger partial charge in [-0.2, -0.15) is 4.68 Å². The van der Waals surface area contributed by atoms with Crippen LogP contribution in [-0.4, -0.2) is 26.1 Å². The summed E-state index contributed by atoms with van der Waals surface area (Å²) in [6, 6.07) is 25.0. The van der Waals surface area contributed by atoms with E-state index in [9.17, 15) is 9.18 Å². The highest BCUT2D eigenvalue weighted by Crippen LogP contribution is 2.34. The predicted molar refractivity (Wildman–Crippen MR) is 112 cm³/mol. The van der Waals surface area contributed by atoms with Crippen LogP contribution in [0.2, 0.25) is 0 Å². The third-order valence-electron chi connectivity index (χ3n) is 4.39. The van der Waals surface area contributed by atoms with Crippen molar-refractivity contribution in [3.63, 3.8) is 0 Å². The van der Waals surface area contributed by atoms with Gasteiger partial charge in [0.1, 0.15) is 11.1 Å². The number of aromatic nitrogens is 4. The Morgan fingerprint density at radius 3 is 2.33 bits per heavy atom. The number of nitrogens with zero attached hydrogens (tertiary/aromatic N) is 4. The van der Waals surface area contributed by atoms with Crippen LogP contribution in [-0.2, 0) is 11.3 Å². The van der Waals surface area contributed by atoms with Gasteiger partial charge in [-0.3, -0.25) is 4.79 Å². The van der Waals surface area contributed by atoms with E-state index in [1.54, 1.807) is 16.8 Å². The maximum atomic E-state index is 13.1. The van der Waals surface area contributed by atoms with Crippen LogP contribution < -0.4 is 5.32 Å². The molecule has 0 fully saturated rings. The van der Waals surface area contributed by atoms with Crippen LogP contribution in [0.25, 0.3) is 5.69 Å². The van der Waals surface area contributed by atoms with Crippen molar-refractivity contribution >= 4 is 17.7 Å². The van der Waals surface area contributed by atoms with Gasteiger partial charge in [0.25, 0.3) is 0 Å². The number of para-hydroxylation sites is 1. The van der Waals surface area contributed by atoms with Crippen LogP contribution in [0.15, 0.2) is 90.1 Å².